The molecular weight excluding hydrogens is 477 g/mol. The topological polar surface area (TPSA) is 49.9 Å². The summed E-state index contributed by atoms with van der Waals surface area (Å²) in [6.07, 6.45) is 4.82. The van der Waals surface area contributed by atoms with Crippen LogP contribution in [0.3, 0.4) is 0 Å². The molecule has 0 aromatic heterocycles. The quantitative estimate of drug-likeness (QED) is 0.411. The first-order valence-corrected chi connectivity index (χ1v) is 12.3. The second kappa shape index (κ2) is 10.5. The van der Waals surface area contributed by atoms with E-state index in [0.717, 1.165) is 44.8 Å². The van der Waals surface area contributed by atoms with Gasteiger partial charge in [0.05, 0.1) is 0 Å². The van der Waals surface area contributed by atoms with Crippen molar-refractivity contribution >= 4 is 28.2 Å². The molecule has 1 heterocycles. The summed E-state index contributed by atoms with van der Waals surface area (Å²) in [5.74, 6) is 0.274. The van der Waals surface area contributed by atoms with Crippen molar-refractivity contribution < 1.29 is 25.8 Å². The number of halogens is 4. The molecule has 1 atom stereocenters. The summed E-state index contributed by atoms with van der Waals surface area (Å²) in [4.78, 5) is 4.61. The Balaban J connectivity index is 0.00000306. The van der Waals surface area contributed by atoms with E-state index < -0.39 is 15.6 Å². The average molecular weight is 505 g/mol. The van der Waals surface area contributed by atoms with E-state index in [1.807, 2.05) is 0 Å². The molecular formula is C23H28ClF3N2O3S. The fraction of sp³-hybridized carbons (Fsp3) is 0.478. The Morgan fingerprint density at radius 3 is 2.30 bits per heavy atom. The van der Waals surface area contributed by atoms with Crippen molar-refractivity contribution in [2.45, 2.75) is 37.1 Å². The van der Waals surface area contributed by atoms with Crippen molar-refractivity contribution in [2.24, 2.45) is 0 Å². The summed E-state index contributed by atoms with van der Waals surface area (Å²) in [5.41, 5.74) is -1.61. The van der Waals surface area contributed by atoms with Gasteiger partial charge in [0.15, 0.2) is 0 Å². The van der Waals surface area contributed by atoms with Crippen molar-refractivity contribution in [2.75, 3.05) is 37.6 Å². The molecule has 1 fully saturated rings. The van der Waals surface area contributed by atoms with Crippen molar-refractivity contribution in [1.82, 2.24) is 4.90 Å². The smallest absolute Gasteiger partial charge is 0.376 e. The third-order valence-corrected chi connectivity index (χ3v) is 7.33. The van der Waals surface area contributed by atoms with E-state index in [2.05, 4.69) is 38.2 Å². The first-order valence-electron chi connectivity index (χ1n) is 10.9. The third-order valence-electron chi connectivity index (χ3n) is 6.35. The molecule has 1 unspecified atom stereocenters. The van der Waals surface area contributed by atoms with E-state index in [-0.39, 0.29) is 18.2 Å². The van der Waals surface area contributed by atoms with Crippen LogP contribution in [0.1, 0.15) is 36.3 Å². The highest BCUT2D eigenvalue weighted by Gasteiger charge is 2.48. The number of hydrogen-bond acceptors (Lipinski definition) is 5. The molecule has 0 spiro atoms. The molecule has 10 heteroatoms. The molecule has 33 heavy (non-hydrogen) atoms. The Morgan fingerprint density at radius 2 is 1.64 bits per heavy atom. The van der Waals surface area contributed by atoms with Gasteiger partial charge in [-0.2, -0.15) is 21.6 Å². The highest BCUT2D eigenvalue weighted by Crippen LogP contribution is 2.34. The molecule has 2 aliphatic rings. The molecule has 1 aliphatic carbocycles. The van der Waals surface area contributed by atoms with Crippen LogP contribution in [-0.2, 0) is 16.5 Å². The van der Waals surface area contributed by atoms with Gasteiger partial charge in [-0.3, -0.25) is 4.90 Å². The van der Waals surface area contributed by atoms with E-state index in [1.54, 1.807) is 12.1 Å². The summed E-state index contributed by atoms with van der Waals surface area (Å²) >= 11 is 0. The molecule has 5 nitrogen and oxygen atoms in total. The van der Waals surface area contributed by atoms with Gasteiger partial charge in [0.25, 0.3) is 0 Å². The molecule has 0 radical (unpaired) electrons. The Labute approximate surface area is 199 Å². The molecule has 2 aromatic carbocycles. The van der Waals surface area contributed by atoms with Gasteiger partial charge in [-0.25, -0.2) is 0 Å². The van der Waals surface area contributed by atoms with Gasteiger partial charge >= 0.3 is 15.6 Å². The molecule has 0 N–H and O–H groups in total. The number of aryl methyl sites for hydroxylation is 1. The number of anilines is 1. The molecule has 182 valence electrons. The van der Waals surface area contributed by atoms with Gasteiger partial charge in [0.1, 0.15) is 5.75 Å². The minimum Gasteiger partial charge on any atom is -0.376 e. The number of alkyl halides is 3. The summed E-state index contributed by atoms with van der Waals surface area (Å²) < 4.78 is 63.8. The maximum atomic E-state index is 12.5. The zero-order valence-electron chi connectivity index (χ0n) is 18.1. The van der Waals surface area contributed by atoms with Gasteiger partial charge in [-0.05, 0) is 73.5 Å². The lowest BCUT2D eigenvalue weighted by atomic mass is 9.81. The average Bonchev–Trinajstić information content (AvgIpc) is 2.77. The lowest BCUT2D eigenvalue weighted by molar-refractivity contribution is -0.0500. The Kier molecular flexibility index (Phi) is 8.18. The zero-order valence-corrected chi connectivity index (χ0v) is 19.8. The number of rotatable bonds is 6. The SMILES string of the molecule is Cl.O=S(=O)(Oc1ccc(N2CCN(CCC3CCCc4ccccc43)CC2)cc1)C(F)(F)F. The van der Waals surface area contributed by atoms with E-state index >= 15 is 0 Å². The van der Waals surface area contributed by atoms with Crippen LogP contribution in [0.4, 0.5) is 18.9 Å². The molecule has 2 aromatic rings. The van der Waals surface area contributed by atoms with Crippen LogP contribution in [-0.4, -0.2) is 51.5 Å². The van der Waals surface area contributed by atoms with Crippen LogP contribution in [0.5, 0.6) is 5.75 Å². The maximum absolute atomic E-state index is 12.5. The molecule has 0 saturated carbocycles. The van der Waals surface area contributed by atoms with E-state index in [4.69, 9.17) is 0 Å². The summed E-state index contributed by atoms with van der Waals surface area (Å²) in [6, 6.07) is 14.5. The van der Waals surface area contributed by atoms with Crippen LogP contribution in [0.15, 0.2) is 48.5 Å². The van der Waals surface area contributed by atoms with E-state index in [9.17, 15) is 21.6 Å². The number of fused-ring (bicyclic) bond motifs is 1. The van der Waals surface area contributed by atoms with Crippen LogP contribution in [0.2, 0.25) is 0 Å². The first-order chi connectivity index (χ1) is 15.2. The van der Waals surface area contributed by atoms with E-state index in [0.29, 0.717) is 5.92 Å². The van der Waals surface area contributed by atoms with Crippen LogP contribution in [0.25, 0.3) is 0 Å². The fourth-order valence-electron chi connectivity index (χ4n) is 4.61. The van der Waals surface area contributed by atoms with E-state index in [1.165, 1.54) is 42.5 Å². The van der Waals surface area contributed by atoms with Crippen molar-refractivity contribution in [3.63, 3.8) is 0 Å². The fourth-order valence-corrected chi connectivity index (χ4v) is 5.07. The van der Waals surface area contributed by atoms with Crippen LogP contribution >= 0.6 is 12.4 Å². The van der Waals surface area contributed by atoms with Gasteiger partial charge in [0.2, 0.25) is 0 Å². The highest BCUT2D eigenvalue weighted by molar-refractivity contribution is 7.88. The Morgan fingerprint density at radius 1 is 0.970 bits per heavy atom. The number of nitrogens with zero attached hydrogens (tertiary/aromatic N) is 2. The number of hydrogen-bond donors (Lipinski definition) is 0. The summed E-state index contributed by atoms with van der Waals surface area (Å²) in [6.45, 7) is 4.49. The number of benzene rings is 2. The largest absolute Gasteiger partial charge is 0.534 e. The minimum atomic E-state index is -5.65. The van der Waals surface area contributed by atoms with Gasteiger partial charge in [-0.15, -0.1) is 12.4 Å². The highest BCUT2D eigenvalue weighted by atomic mass is 35.5. The zero-order chi connectivity index (χ0) is 22.8. The first kappa shape index (κ1) is 25.6. The lowest BCUT2D eigenvalue weighted by Gasteiger charge is -2.37. The van der Waals surface area contributed by atoms with Gasteiger partial charge < -0.3 is 9.08 Å². The third kappa shape index (κ3) is 6.13. The molecule has 0 bridgehead atoms. The maximum Gasteiger partial charge on any atom is 0.534 e. The predicted octanol–water partition coefficient (Wildman–Crippen LogP) is 4.97. The Bertz CT molecular complexity index is 1020. The molecule has 1 aliphatic heterocycles. The second-order valence-electron chi connectivity index (χ2n) is 8.38. The van der Waals surface area contributed by atoms with Crippen molar-refractivity contribution in [3.05, 3.63) is 59.7 Å². The predicted molar refractivity (Wildman–Crippen MR) is 125 cm³/mol. The number of piperazine rings is 1. The minimum absolute atomic E-state index is 0. The summed E-state index contributed by atoms with van der Waals surface area (Å²) in [5, 5.41) is 0. The lowest BCUT2D eigenvalue weighted by Crippen LogP contribution is -2.46. The molecule has 4 rings (SSSR count). The standard InChI is InChI=1S/C23H27F3N2O3S.ClH/c24-23(25,26)32(29,30)31-21-10-8-20(9-11-21)28-16-14-27(15-17-28)13-12-19-6-3-5-18-4-1-2-7-22(18)19;/h1-2,4,7-11,19H,3,5-6,12-17H2;1H. The Hall–Kier alpha value is -1.97. The van der Waals surface area contributed by atoms with Gasteiger partial charge in [-0.1, -0.05) is 24.3 Å². The van der Waals surface area contributed by atoms with Crippen molar-refractivity contribution in [1.29, 1.82) is 0 Å². The molecule has 1 saturated heterocycles. The summed E-state index contributed by atoms with van der Waals surface area (Å²) in [7, 11) is -5.65. The van der Waals surface area contributed by atoms with Crippen LogP contribution in [0, 0.1) is 0 Å². The normalized spacial score (nSPS) is 19.5. The van der Waals surface area contributed by atoms with Crippen LogP contribution < -0.4 is 9.08 Å². The van der Waals surface area contributed by atoms with Gasteiger partial charge in [0, 0.05) is 31.9 Å². The molecule has 0 amide bonds. The second-order valence-corrected chi connectivity index (χ2v) is 9.92. The van der Waals surface area contributed by atoms with Crippen molar-refractivity contribution in [3.8, 4) is 5.75 Å². The monoisotopic (exact) mass is 504 g/mol.